The van der Waals surface area contributed by atoms with E-state index in [0.29, 0.717) is 24.6 Å². The van der Waals surface area contributed by atoms with Gasteiger partial charge in [-0.15, -0.1) is 11.3 Å². The predicted molar refractivity (Wildman–Crippen MR) is 89.3 cm³/mol. The van der Waals surface area contributed by atoms with Gasteiger partial charge in [0.25, 0.3) is 0 Å². The molecule has 5 nitrogen and oxygen atoms in total. The number of aryl methyl sites for hydroxylation is 1. The van der Waals surface area contributed by atoms with Gasteiger partial charge in [-0.25, -0.2) is 4.98 Å². The Morgan fingerprint density at radius 2 is 2.23 bits per heavy atom. The Hall–Kier alpha value is -1.40. The van der Waals surface area contributed by atoms with Crippen LogP contribution in [0.25, 0.3) is 0 Å². The molecule has 2 aromatic heterocycles. The van der Waals surface area contributed by atoms with Crippen LogP contribution in [0, 0.1) is 0 Å². The number of hydrogen-bond donors (Lipinski definition) is 2. The lowest BCUT2D eigenvalue weighted by atomic mass is 10.1. The Morgan fingerprint density at radius 3 is 2.86 bits per heavy atom. The number of aromatic amines is 1. The molecular weight excluding hydrogens is 320 g/mol. The van der Waals surface area contributed by atoms with Gasteiger partial charge in [0, 0.05) is 17.2 Å². The number of nitrogens with one attached hydrogen (secondary N) is 2. The van der Waals surface area contributed by atoms with Crippen LogP contribution in [-0.2, 0) is 11.2 Å². The molecule has 0 radical (unpaired) electrons. The van der Waals surface area contributed by atoms with Crippen molar-refractivity contribution in [3.63, 3.8) is 0 Å². The second-order valence-corrected chi connectivity index (χ2v) is 7.18. The maximum atomic E-state index is 12.0. The van der Waals surface area contributed by atoms with Crippen LogP contribution in [0.2, 0.25) is 4.34 Å². The Balaban J connectivity index is 1.84. The maximum absolute atomic E-state index is 12.0. The minimum absolute atomic E-state index is 0.00138. The Morgan fingerprint density at radius 1 is 1.45 bits per heavy atom. The Labute approximate surface area is 139 Å². The zero-order valence-corrected chi connectivity index (χ0v) is 14.6. The summed E-state index contributed by atoms with van der Waals surface area (Å²) in [4.78, 5) is 17.6. The third-order valence-electron chi connectivity index (χ3n) is 3.59. The molecule has 2 atom stereocenters. The first-order chi connectivity index (χ1) is 10.5. The van der Waals surface area contributed by atoms with Gasteiger partial charge < -0.3 is 5.32 Å². The summed E-state index contributed by atoms with van der Waals surface area (Å²) in [5.74, 6) is 1.81. The summed E-state index contributed by atoms with van der Waals surface area (Å²) in [7, 11) is 0. The molecule has 2 unspecified atom stereocenters. The SMILES string of the molecule is CCC(C)c1n[nH]c(C(C)NC(=O)CCc2ccc(Cl)s2)n1. The van der Waals surface area contributed by atoms with Crippen molar-refractivity contribution in [2.45, 2.75) is 52.0 Å². The molecular formula is C15H21ClN4OS. The number of H-pyrrole nitrogens is 1. The highest BCUT2D eigenvalue weighted by molar-refractivity contribution is 7.16. The number of amides is 1. The summed E-state index contributed by atoms with van der Waals surface area (Å²) in [6, 6.07) is 3.63. The maximum Gasteiger partial charge on any atom is 0.220 e. The first-order valence-electron chi connectivity index (χ1n) is 7.45. The lowest BCUT2D eigenvalue weighted by Crippen LogP contribution is -2.27. The van der Waals surface area contributed by atoms with Gasteiger partial charge in [0.2, 0.25) is 5.91 Å². The summed E-state index contributed by atoms with van der Waals surface area (Å²) in [6.07, 6.45) is 2.12. The van der Waals surface area contributed by atoms with Crippen LogP contribution >= 0.6 is 22.9 Å². The molecule has 120 valence electrons. The molecule has 0 saturated carbocycles. The van der Waals surface area contributed by atoms with Gasteiger partial charge in [0.1, 0.15) is 5.82 Å². The van der Waals surface area contributed by atoms with Crippen molar-refractivity contribution >= 4 is 28.8 Å². The highest BCUT2D eigenvalue weighted by atomic mass is 35.5. The average Bonchev–Trinajstić information content (AvgIpc) is 3.13. The average molecular weight is 341 g/mol. The van der Waals surface area contributed by atoms with Gasteiger partial charge in [-0.2, -0.15) is 5.10 Å². The summed E-state index contributed by atoms with van der Waals surface area (Å²) in [6.45, 7) is 6.09. The molecule has 22 heavy (non-hydrogen) atoms. The summed E-state index contributed by atoms with van der Waals surface area (Å²) in [5, 5.41) is 10.1. The summed E-state index contributed by atoms with van der Waals surface area (Å²) < 4.78 is 0.753. The second kappa shape index (κ2) is 7.74. The van der Waals surface area contributed by atoms with Crippen LogP contribution < -0.4 is 5.32 Å². The third-order valence-corrected chi connectivity index (χ3v) is 4.88. The van der Waals surface area contributed by atoms with Gasteiger partial charge in [0.05, 0.1) is 10.4 Å². The third kappa shape index (κ3) is 4.55. The molecule has 7 heteroatoms. The van der Waals surface area contributed by atoms with Crippen molar-refractivity contribution in [1.82, 2.24) is 20.5 Å². The molecule has 1 amide bonds. The van der Waals surface area contributed by atoms with Crippen molar-refractivity contribution in [3.05, 3.63) is 33.0 Å². The van der Waals surface area contributed by atoms with Crippen molar-refractivity contribution in [2.24, 2.45) is 0 Å². The fraction of sp³-hybridized carbons (Fsp3) is 0.533. The minimum Gasteiger partial charge on any atom is -0.346 e. The predicted octanol–water partition coefficient (Wildman–Crippen LogP) is 3.84. The van der Waals surface area contributed by atoms with Crippen molar-refractivity contribution in [3.8, 4) is 0 Å². The minimum atomic E-state index is -0.176. The standard InChI is InChI=1S/C15H21ClN4OS/c1-4-9(2)14-18-15(20-19-14)10(3)17-13(21)8-6-11-5-7-12(16)22-11/h5,7,9-10H,4,6,8H2,1-3H3,(H,17,21)(H,18,19,20). The quantitative estimate of drug-likeness (QED) is 0.804. The highest BCUT2D eigenvalue weighted by Gasteiger charge is 2.16. The number of carbonyl (C=O) groups excluding carboxylic acids is 1. The molecule has 0 aliphatic heterocycles. The fourth-order valence-electron chi connectivity index (χ4n) is 1.99. The number of halogens is 1. The van der Waals surface area contributed by atoms with E-state index in [1.54, 1.807) is 0 Å². The van der Waals surface area contributed by atoms with Crippen LogP contribution in [0.1, 0.15) is 62.1 Å². The molecule has 0 aliphatic rings. The summed E-state index contributed by atoms with van der Waals surface area (Å²) in [5.41, 5.74) is 0. The Bertz CT molecular complexity index is 625. The van der Waals surface area contributed by atoms with Gasteiger partial charge >= 0.3 is 0 Å². The molecule has 0 spiro atoms. The van der Waals surface area contributed by atoms with E-state index in [1.807, 2.05) is 19.1 Å². The van der Waals surface area contributed by atoms with Crippen LogP contribution in [0.5, 0.6) is 0 Å². The molecule has 0 bridgehead atoms. The zero-order valence-electron chi connectivity index (χ0n) is 13.0. The first kappa shape index (κ1) is 17.0. The van der Waals surface area contributed by atoms with Crippen LogP contribution in [0.15, 0.2) is 12.1 Å². The smallest absolute Gasteiger partial charge is 0.220 e. The summed E-state index contributed by atoms with van der Waals surface area (Å²) >= 11 is 7.39. The number of carbonyl (C=O) groups is 1. The van der Waals surface area contributed by atoms with Gasteiger partial charge in [-0.05, 0) is 31.9 Å². The molecule has 2 rings (SSSR count). The molecule has 2 aromatic rings. The molecule has 2 heterocycles. The van der Waals surface area contributed by atoms with Crippen LogP contribution in [0.3, 0.4) is 0 Å². The van der Waals surface area contributed by atoms with Gasteiger partial charge in [0.15, 0.2) is 5.82 Å². The molecule has 0 aromatic carbocycles. The van der Waals surface area contributed by atoms with Crippen molar-refractivity contribution in [2.75, 3.05) is 0 Å². The number of aromatic nitrogens is 3. The molecule has 2 N–H and O–H groups in total. The molecule has 0 fully saturated rings. The lowest BCUT2D eigenvalue weighted by molar-refractivity contribution is -0.121. The van der Waals surface area contributed by atoms with E-state index in [9.17, 15) is 4.79 Å². The van der Waals surface area contributed by atoms with E-state index in [1.165, 1.54) is 11.3 Å². The van der Waals surface area contributed by atoms with E-state index in [2.05, 4.69) is 34.3 Å². The van der Waals surface area contributed by atoms with Crippen LogP contribution in [-0.4, -0.2) is 21.1 Å². The lowest BCUT2D eigenvalue weighted by Gasteiger charge is -2.10. The number of hydrogen-bond acceptors (Lipinski definition) is 4. The van der Waals surface area contributed by atoms with Crippen molar-refractivity contribution < 1.29 is 4.79 Å². The van der Waals surface area contributed by atoms with Gasteiger partial charge in [-0.1, -0.05) is 25.4 Å². The zero-order chi connectivity index (χ0) is 16.1. The van der Waals surface area contributed by atoms with Crippen molar-refractivity contribution in [1.29, 1.82) is 0 Å². The Kier molecular flexibility index (Phi) is 5.97. The number of nitrogens with zero attached hydrogens (tertiary/aromatic N) is 2. The van der Waals surface area contributed by atoms with E-state index in [0.717, 1.165) is 21.5 Å². The van der Waals surface area contributed by atoms with Gasteiger partial charge in [-0.3, -0.25) is 9.89 Å². The fourth-order valence-corrected chi connectivity index (χ4v) is 3.08. The monoisotopic (exact) mass is 340 g/mol. The number of rotatable bonds is 7. The topological polar surface area (TPSA) is 70.7 Å². The van der Waals surface area contributed by atoms with E-state index >= 15 is 0 Å². The van der Waals surface area contributed by atoms with E-state index in [4.69, 9.17) is 11.6 Å². The normalized spacial score (nSPS) is 13.8. The largest absolute Gasteiger partial charge is 0.346 e. The first-order valence-corrected chi connectivity index (χ1v) is 8.64. The second-order valence-electron chi connectivity index (χ2n) is 5.38. The van der Waals surface area contributed by atoms with E-state index in [-0.39, 0.29) is 11.9 Å². The molecule has 0 aliphatic carbocycles. The number of thiophene rings is 1. The van der Waals surface area contributed by atoms with Crippen LogP contribution in [0.4, 0.5) is 0 Å². The highest BCUT2D eigenvalue weighted by Crippen LogP contribution is 2.22. The van der Waals surface area contributed by atoms with E-state index < -0.39 is 0 Å². The molecule has 0 saturated heterocycles.